The van der Waals surface area contributed by atoms with Crippen LogP contribution in [0.5, 0.6) is 0 Å². The van der Waals surface area contributed by atoms with E-state index < -0.39 is 169 Å². The van der Waals surface area contributed by atoms with Gasteiger partial charge in [-0.05, 0) is 105 Å². The van der Waals surface area contributed by atoms with Gasteiger partial charge < -0.3 is 90.1 Å². The van der Waals surface area contributed by atoms with Crippen LogP contribution >= 0.6 is 0 Å². The topological polar surface area (TPSA) is 296 Å². The van der Waals surface area contributed by atoms with Crippen molar-refractivity contribution in [1.82, 2.24) is 9.44 Å². The zero-order chi connectivity index (χ0) is 97.8. The van der Waals surface area contributed by atoms with Crippen LogP contribution in [0.15, 0.2) is 374 Å². The Kier molecular flexibility index (Phi) is 37.1. The molecule has 16 rings (SSSR count). The van der Waals surface area contributed by atoms with Crippen molar-refractivity contribution in [1.29, 1.82) is 0 Å². The number of hydrogen-bond acceptors (Lipinski definition) is 24. The molecule has 0 aliphatic carbocycles. The molecule has 0 aromatic heterocycles. The van der Waals surface area contributed by atoms with Crippen LogP contribution in [-0.4, -0.2) is 185 Å². The molecule has 12 aromatic rings. The van der Waals surface area contributed by atoms with Crippen LogP contribution in [0.2, 0.25) is 18.1 Å². The lowest BCUT2D eigenvalue weighted by molar-refractivity contribution is -0.391. The minimum absolute atomic E-state index is 0.0142. The molecular formula is C112H124N2O24S2Si. The summed E-state index contributed by atoms with van der Waals surface area (Å²) in [5.74, 6) is -0.772. The van der Waals surface area contributed by atoms with Crippen LogP contribution in [0.1, 0.15) is 81.2 Å². The fourth-order valence-electron chi connectivity index (χ4n) is 17.2. The average molecular weight is 1970 g/mol. The number of ether oxygens (including phenoxy) is 17. The summed E-state index contributed by atoms with van der Waals surface area (Å²) >= 11 is 0. The van der Waals surface area contributed by atoms with Crippen LogP contribution < -0.4 is 9.44 Å². The second kappa shape index (κ2) is 50.6. The van der Waals surface area contributed by atoms with E-state index in [0.717, 1.165) is 33.4 Å². The molecule has 0 spiro atoms. The summed E-state index contributed by atoms with van der Waals surface area (Å²) in [4.78, 5) is 15.2. The van der Waals surface area contributed by atoms with Gasteiger partial charge in [0.05, 0.1) is 101 Å². The van der Waals surface area contributed by atoms with Crippen LogP contribution in [-0.2, 0) is 164 Å². The van der Waals surface area contributed by atoms with Gasteiger partial charge in [-0.25, -0.2) is 31.1 Å². The van der Waals surface area contributed by atoms with Crippen molar-refractivity contribution in [3.63, 3.8) is 0 Å². The number of aliphatic hydroxyl groups is 1. The SMILES string of the molecule is CC(C)(C)[Si](C)(C)O[C@H]1O[C@H](COCc2ccccc2)[C@@H](O[C@@H]2O[C@H](COCc3ccccc3)[C@@H](O[C@@H]3O[C@H](CO)[C@@H](OCc4ccccc4)[C@H](O[C@H]4O[C@H](COCc5ccccc5)[C@@H](OCc5ccccc5)[C@H](OCc5ccccc5)[C@@H]4OC(=O)c4ccccc4)[C@@H]3OCc3ccccc3)[C@H](OCc3ccccc3)[C@H]2NS(=O)(=O)c2ccccc2)[C@H](OCc2ccccc2)[C@H]1NS(=O)(=O)c1ccccc1. The number of esters is 1. The van der Waals surface area contributed by atoms with E-state index in [4.69, 9.17) is 85.0 Å². The van der Waals surface area contributed by atoms with Gasteiger partial charge in [-0.3, -0.25) is 0 Å². The number of nitrogens with one attached hydrogen (secondary N) is 2. The first kappa shape index (κ1) is 103. The maximum atomic E-state index is 16.2. The van der Waals surface area contributed by atoms with Gasteiger partial charge in [-0.15, -0.1) is 0 Å². The van der Waals surface area contributed by atoms with Crippen molar-refractivity contribution in [2.24, 2.45) is 0 Å². The summed E-state index contributed by atoms with van der Waals surface area (Å²) in [7, 11) is -12.4. The summed E-state index contributed by atoms with van der Waals surface area (Å²) in [6, 6.07) is 106. The first-order valence-electron chi connectivity index (χ1n) is 47.7. The van der Waals surface area contributed by atoms with Gasteiger partial charge in [0.2, 0.25) is 20.0 Å². The number of aliphatic hydroxyl groups excluding tert-OH is 1. The number of sulfonamides is 2. The van der Waals surface area contributed by atoms with Crippen molar-refractivity contribution in [3.8, 4) is 0 Å². The molecule has 3 N–H and O–H groups in total. The minimum Gasteiger partial charge on any atom is -0.450 e. The molecule has 141 heavy (non-hydrogen) atoms. The highest BCUT2D eigenvalue weighted by Crippen LogP contribution is 2.44. The van der Waals surface area contributed by atoms with Crippen LogP contribution in [0.25, 0.3) is 0 Å². The largest absolute Gasteiger partial charge is 0.450 e. The van der Waals surface area contributed by atoms with Gasteiger partial charge >= 0.3 is 5.97 Å². The molecule has 4 saturated heterocycles. The molecule has 0 radical (unpaired) electrons. The summed E-state index contributed by atoms with van der Waals surface area (Å²) < 4.78 is 202. The van der Waals surface area contributed by atoms with Crippen LogP contribution in [0.4, 0.5) is 0 Å². The Bertz CT molecular complexity index is 5950. The van der Waals surface area contributed by atoms with E-state index in [9.17, 15) is 5.11 Å². The third kappa shape index (κ3) is 28.5. The number of carbonyl (C=O) groups is 1. The van der Waals surface area contributed by atoms with Crippen molar-refractivity contribution >= 4 is 34.3 Å². The number of benzene rings is 12. The van der Waals surface area contributed by atoms with Crippen molar-refractivity contribution in [2.45, 2.75) is 231 Å². The van der Waals surface area contributed by atoms with Crippen molar-refractivity contribution in [2.75, 3.05) is 26.4 Å². The van der Waals surface area contributed by atoms with Gasteiger partial charge in [-0.1, -0.05) is 348 Å². The first-order chi connectivity index (χ1) is 68.7. The second-order valence-electron chi connectivity index (χ2n) is 36.8. The second-order valence-corrected chi connectivity index (χ2v) is 44.9. The van der Waals surface area contributed by atoms with Crippen LogP contribution in [0.3, 0.4) is 0 Å². The van der Waals surface area contributed by atoms with E-state index in [0.29, 0.717) is 16.7 Å². The van der Waals surface area contributed by atoms with E-state index in [1.165, 1.54) is 24.3 Å². The Hall–Kier alpha value is -10.6. The molecule has 20 atom stereocenters. The minimum atomic E-state index is -4.81. The quantitative estimate of drug-likeness (QED) is 0.0236. The number of carbonyl (C=O) groups excluding carboxylic acids is 1. The highest BCUT2D eigenvalue weighted by Gasteiger charge is 2.61. The maximum Gasteiger partial charge on any atom is 0.338 e. The normalized spacial score (nSPS) is 25.1. The zero-order valence-electron chi connectivity index (χ0n) is 79.5. The molecule has 29 heteroatoms. The van der Waals surface area contributed by atoms with E-state index in [1.54, 1.807) is 66.7 Å². The molecule has 4 aliphatic rings. The molecule has 4 aliphatic heterocycles. The lowest BCUT2D eigenvalue weighted by Gasteiger charge is -2.53. The van der Waals surface area contributed by atoms with E-state index in [-0.39, 0.29) is 94.6 Å². The first-order valence-corrected chi connectivity index (χ1v) is 53.6. The zero-order valence-corrected chi connectivity index (χ0v) is 82.2. The average Bonchev–Trinajstić information content (AvgIpc) is 0.748. The van der Waals surface area contributed by atoms with Gasteiger partial charge in [0, 0.05) is 0 Å². The Balaban J connectivity index is 0.874. The molecule has 0 amide bonds. The molecule has 742 valence electrons. The molecule has 4 fully saturated rings. The highest BCUT2D eigenvalue weighted by molar-refractivity contribution is 7.89. The predicted octanol–water partition coefficient (Wildman–Crippen LogP) is 17.1. The molecule has 0 bridgehead atoms. The van der Waals surface area contributed by atoms with E-state index >= 15 is 21.6 Å². The number of rotatable bonds is 47. The maximum absolute atomic E-state index is 16.2. The van der Waals surface area contributed by atoms with Crippen molar-refractivity contribution in [3.05, 3.63) is 420 Å². The Morgan fingerprint density at radius 1 is 0.298 bits per heavy atom. The highest BCUT2D eigenvalue weighted by atomic mass is 32.2. The molecule has 0 unspecified atom stereocenters. The molecule has 0 saturated carbocycles. The summed E-state index contributed by atoms with van der Waals surface area (Å²) in [6.07, 6.45) is -26.7. The Morgan fingerprint density at radius 3 is 0.901 bits per heavy atom. The smallest absolute Gasteiger partial charge is 0.338 e. The van der Waals surface area contributed by atoms with Crippen molar-refractivity contribution < 1.29 is 112 Å². The number of hydrogen-bond donors (Lipinski definition) is 3. The third-order valence-electron chi connectivity index (χ3n) is 25.6. The fraction of sp³-hybridized carbons (Fsp3) is 0.348. The monoisotopic (exact) mass is 1970 g/mol. The summed E-state index contributed by atoms with van der Waals surface area (Å²) in [6.45, 7) is 8.23. The summed E-state index contributed by atoms with van der Waals surface area (Å²) in [5, 5.41) is 12.0. The van der Waals surface area contributed by atoms with Gasteiger partial charge in [0.25, 0.3) is 0 Å². The standard InChI is InChI=1S/C112H124N2O24S2Si/c1-112(2,3)141(4,5)138-109-96(114-140(119,120)90-64-40-17-41-65-90)102(127-73-85-54-30-12-31-55-85)99(94(132-109)78-123-69-81-46-22-8-23-47-81)135-108-95(113-139(117,118)89-62-38-16-39-63-89)101(126-72-84-52-28-11-29-53-84)100(93(131-108)77-122-68-80-44-20-7-21-45-80)136-110-105(129-75-87-58-34-14-35-59-87)104(97(91(66-115)130-110)124-70-82-48-24-9-25-49-82)137-111-106(134-107(116)88-60-36-15-37-61-88)103(128-74-86-56-32-13-33-57-86)98(125-71-83-50-26-10-27-51-83)92(133-111)76-121-67-79-42-18-6-19-43-79/h6-65,91-106,108-111,113-115H,66-78H2,1-5H3/t91-,92-,93-,94-,95-,96-,97-,98-,99-,100-,101-,102-,103+,104+,105+,106+,108+,109-,110+,111-/m1/s1. The third-order valence-corrected chi connectivity index (χ3v) is 33.0. The molecule has 4 heterocycles. The Labute approximate surface area is 827 Å². The molecule has 26 nitrogen and oxygen atoms in total. The van der Waals surface area contributed by atoms with Crippen LogP contribution in [0, 0.1) is 0 Å². The molecular weight excluding hydrogens is 1850 g/mol. The molecule has 12 aromatic carbocycles. The predicted molar refractivity (Wildman–Crippen MR) is 530 cm³/mol. The lowest BCUT2D eigenvalue weighted by atomic mass is 9.94. The fourth-order valence-corrected chi connectivity index (χ4v) is 20.8. The summed E-state index contributed by atoms with van der Waals surface area (Å²) in [5.41, 5.74) is 6.95. The van der Waals surface area contributed by atoms with Gasteiger partial charge in [0.1, 0.15) is 91.4 Å². The van der Waals surface area contributed by atoms with Gasteiger partial charge in [0.15, 0.2) is 39.6 Å². The Morgan fingerprint density at radius 2 is 0.553 bits per heavy atom. The van der Waals surface area contributed by atoms with Gasteiger partial charge in [-0.2, -0.15) is 0 Å². The van der Waals surface area contributed by atoms with E-state index in [1.807, 2.05) is 286 Å². The lowest BCUT2D eigenvalue weighted by Crippen LogP contribution is -2.71. The van der Waals surface area contributed by atoms with E-state index in [2.05, 4.69) is 30.2 Å².